The molecule has 0 saturated carbocycles. The van der Waals surface area contributed by atoms with Crippen molar-refractivity contribution in [2.75, 3.05) is 12.9 Å². The third-order valence-corrected chi connectivity index (χ3v) is 5.93. The van der Waals surface area contributed by atoms with Crippen molar-refractivity contribution in [1.29, 1.82) is 0 Å². The monoisotopic (exact) mass is 344 g/mol. The molecule has 3 rings (SSSR count). The minimum absolute atomic E-state index is 0.0491. The minimum Gasteiger partial charge on any atom is -0.497 e. The molecule has 2 aromatic carbocycles. The van der Waals surface area contributed by atoms with E-state index in [0.717, 1.165) is 29.9 Å². The van der Waals surface area contributed by atoms with Gasteiger partial charge >= 0.3 is 0 Å². The lowest BCUT2D eigenvalue weighted by Crippen LogP contribution is -2.27. The second-order valence-electron chi connectivity index (χ2n) is 6.28. The van der Waals surface area contributed by atoms with E-state index in [-0.39, 0.29) is 12.2 Å². The van der Waals surface area contributed by atoms with E-state index < -0.39 is 10.8 Å². The third-order valence-electron chi connectivity index (χ3n) is 4.46. The molecule has 0 amide bonds. The van der Waals surface area contributed by atoms with Gasteiger partial charge < -0.3 is 9.47 Å². The highest BCUT2D eigenvalue weighted by Crippen LogP contribution is 2.32. The fourth-order valence-corrected chi connectivity index (χ4v) is 4.26. The van der Waals surface area contributed by atoms with Crippen molar-refractivity contribution in [3.05, 3.63) is 59.7 Å². The van der Waals surface area contributed by atoms with E-state index in [0.29, 0.717) is 5.75 Å². The van der Waals surface area contributed by atoms with Crippen molar-refractivity contribution >= 4 is 10.8 Å². The fourth-order valence-electron chi connectivity index (χ4n) is 3.04. The predicted octanol–water partition coefficient (Wildman–Crippen LogP) is 4.42. The van der Waals surface area contributed by atoms with Gasteiger partial charge in [-0.15, -0.1) is 0 Å². The summed E-state index contributed by atoms with van der Waals surface area (Å²) >= 11 is 0. The molecular weight excluding hydrogens is 320 g/mol. The van der Waals surface area contributed by atoms with Gasteiger partial charge in [-0.1, -0.05) is 29.8 Å². The molecule has 0 radical (unpaired) electrons. The minimum atomic E-state index is -1.01. The Morgan fingerprint density at radius 2 is 1.79 bits per heavy atom. The van der Waals surface area contributed by atoms with Crippen LogP contribution < -0.4 is 4.74 Å². The quantitative estimate of drug-likeness (QED) is 0.805. The predicted molar refractivity (Wildman–Crippen MR) is 96.9 cm³/mol. The average molecular weight is 344 g/mol. The summed E-state index contributed by atoms with van der Waals surface area (Å²) in [6, 6.07) is 16.0. The molecule has 1 aliphatic rings. The summed E-state index contributed by atoms with van der Waals surface area (Å²) in [5, 5.41) is 0. The van der Waals surface area contributed by atoms with Crippen LogP contribution in [0.25, 0.3) is 0 Å². The Balaban J connectivity index is 1.62. The zero-order chi connectivity index (χ0) is 16.9. The van der Waals surface area contributed by atoms with Crippen molar-refractivity contribution in [2.24, 2.45) is 0 Å². The molecule has 2 aromatic rings. The molecule has 0 spiro atoms. The smallest absolute Gasteiger partial charge is 0.118 e. The topological polar surface area (TPSA) is 35.5 Å². The summed E-state index contributed by atoms with van der Waals surface area (Å²) in [5.41, 5.74) is 2.35. The molecule has 0 aliphatic carbocycles. The summed E-state index contributed by atoms with van der Waals surface area (Å²) in [4.78, 5) is 0.885. The van der Waals surface area contributed by atoms with E-state index in [1.807, 2.05) is 43.3 Å². The molecule has 1 saturated heterocycles. The van der Waals surface area contributed by atoms with Crippen LogP contribution in [0.5, 0.6) is 5.75 Å². The molecule has 128 valence electrons. The van der Waals surface area contributed by atoms with Gasteiger partial charge in [0.15, 0.2) is 0 Å². The van der Waals surface area contributed by atoms with Crippen LogP contribution in [0.4, 0.5) is 0 Å². The molecule has 0 bridgehead atoms. The lowest BCUT2D eigenvalue weighted by Gasteiger charge is -2.30. The van der Waals surface area contributed by atoms with E-state index in [4.69, 9.17) is 9.47 Å². The number of ether oxygens (including phenoxy) is 2. The Hall–Kier alpha value is -1.65. The first-order valence-electron chi connectivity index (χ1n) is 8.40. The van der Waals surface area contributed by atoms with Crippen molar-refractivity contribution in [1.82, 2.24) is 0 Å². The Morgan fingerprint density at radius 3 is 2.46 bits per heavy atom. The Labute approximate surface area is 146 Å². The highest BCUT2D eigenvalue weighted by molar-refractivity contribution is 7.85. The zero-order valence-electron chi connectivity index (χ0n) is 14.2. The lowest BCUT2D eigenvalue weighted by atomic mass is 9.99. The standard InChI is InChI=1S/C20H24O3S/c1-15-6-12-19(13-7-15)24(21)14-18-4-3-5-20(23-18)16-8-10-17(22-2)11-9-16/h6-13,18,20H,3-5,14H2,1-2H3/t18-,20+,24?/m1/s1. The van der Waals surface area contributed by atoms with Gasteiger partial charge in [0.25, 0.3) is 0 Å². The number of methoxy groups -OCH3 is 1. The molecule has 1 heterocycles. The molecule has 0 aromatic heterocycles. The molecular formula is C20H24O3S. The maximum atomic E-state index is 12.6. The van der Waals surface area contributed by atoms with Crippen LogP contribution in [0.1, 0.15) is 36.5 Å². The SMILES string of the molecule is COc1ccc([C@@H]2CCC[C@H](CS(=O)c3ccc(C)cc3)O2)cc1. The Bertz CT molecular complexity index is 679. The van der Waals surface area contributed by atoms with Crippen LogP contribution in [-0.4, -0.2) is 23.2 Å². The van der Waals surface area contributed by atoms with Crippen LogP contribution in [0.15, 0.2) is 53.4 Å². The van der Waals surface area contributed by atoms with Gasteiger partial charge in [0.05, 0.1) is 35.9 Å². The van der Waals surface area contributed by atoms with E-state index in [9.17, 15) is 4.21 Å². The number of aryl methyl sites for hydroxylation is 1. The van der Waals surface area contributed by atoms with Crippen LogP contribution in [-0.2, 0) is 15.5 Å². The third kappa shape index (κ3) is 4.25. The average Bonchev–Trinajstić information content (AvgIpc) is 2.62. The molecule has 1 fully saturated rings. The normalized spacial score (nSPS) is 22.1. The van der Waals surface area contributed by atoms with Crippen molar-refractivity contribution in [3.8, 4) is 5.75 Å². The fraction of sp³-hybridized carbons (Fsp3) is 0.400. The van der Waals surface area contributed by atoms with Gasteiger partial charge in [0.2, 0.25) is 0 Å². The number of hydrogen-bond acceptors (Lipinski definition) is 3. The van der Waals surface area contributed by atoms with Gasteiger partial charge in [0.1, 0.15) is 5.75 Å². The van der Waals surface area contributed by atoms with Gasteiger partial charge in [-0.3, -0.25) is 4.21 Å². The Morgan fingerprint density at radius 1 is 1.08 bits per heavy atom. The number of hydrogen-bond donors (Lipinski definition) is 0. The van der Waals surface area contributed by atoms with Gasteiger partial charge in [-0.2, -0.15) is 0 Å². The van der Waals surface area contributed by atoms with E-state index in [2.05, 4.69) is 12.1 Å². The van der Waals surface area contributed by atoms with E-state index in [1.54, 1.807) is 7.11 Å². The van der Waals surface area contributed by atoms with Crippen LogP contribution in [0, 0.1) is 6.92 Å². The van der Waals surface area contributed by atoms with Crippen molar-refractivity contribution < 1.29 is 13.7 Å². The summed E-state index contributed by atoms with van der Waals surface area (Å²) in [5.74, 6) is 1.42. The summed E-state index contributed by atoms with van der Waals surface area (Å²) in [6.45, 7) is 2.04. The highest BCUT2D eigenvalue weighted by atomic mass is 32.2. The highest BCUT2D eigenvalue weighted by Gasteiger charge is 2.25. The summed E-state index contributed by atoms with van der Waals surface area (Å²) in [7, 11) is 0.659. The summed E-state index contributed by atoms with van der Waals surface area (Å²) in [6.07, 6.45) is 3.23. The largest absolute Gasteiger partial charge is 0.497 e. The van der Waals surface area contributed by atoms with E-state index in [1.165, 1.54) is 11.1 Å². The molecule has 24 heavy (non-hydrogen) atoms. The number of rotatable bonds is 5. The van der Waals surface area contributed by atoms with Crippen molar-refractivity contribution in [2.45, 2.75) is 43.3 Å². The molecule has 3 nitrogen and oxygen atoms in total. The van der Waals surface area contributed by atoms with Crippen LogP contribution >= 0.6 is 0 Å². The van der Waals surface area contributed by atoms with Crippen LogP contribution in [0.3, 0.4) is 0 Å². The maximum Gasteiger partial charge on any atom is 0.118 e. The van der Waals surface area contributed by atoms with Gasteiger partial charge in [-0.05, 0) is 56.0 Å². The van der Waals surface area contributed by atoms with Crippen LogP contribution in [0.2, 0.25) is 0 Å². The number of benzene rings is 2. The lowest BCUT2D eigenvalue weighted by molar-refractivity contribution is -0.0393. The molecule has 4 heteroatoms. The van der Waals surface area contributed by atoms with Gasteiger partial charge in [0, 0.05) is 4.90 Å². The second-order valence-corrected chi connectivity index (χ2v) is 7.77. The molecule has 1 aliphatic heterocycles. The molecule has 3 atom stereocenters. The first kappa shape index (κ1) is 17.2. The first-order valence-corrected chi connectivity index (χ1v) is 9.72. The van der Waals surface area contributed by atoms with Gasteiger partial charge in [-0.25, -0.2) is 0 Å². The zero-order valence-corrected chi connectivity index (χ0v) is 15.1. The Kier molecular flexibility index (Phi) is 5.69. The van der Waals surface area contributed by atoms with E-state index >= 15 is 0 Å². The van der Waals surface area contributed by atoms with Crippen molar-refractivity contribution in [3.63, 3.8) is 0 Å². The second kappa shape index (κ2) is 7.95. The molecule has 1 unspecified atom stereocenters. The maximum absolute atomic E-state index is 12.6. The summed E-state index contributed by atoms with van der Waals surface area (Å²) < 4.78 is 24.0. The first-order chi connectivity index (χ1) is 11.7. The molecule has 0 N–H and O–H groups in total.